The van der Waals surface area contributed by atoms with Gasteiger partial charge in [0.2, 0.25) is 5.95 Å². The topological polar surface area (TPSA) is 112 Å². The third-order valence-corrected chi connectivity index (χ3v) is 3.97. The number of nitrogen functional groups attached to an aromatic ring is 1. The molecule has 1 atom stereocenters. The number of H-pyrrole nitrogens is 2. The van der Waals surface area contributed by atoms with Gasteiger partial charge in [0.25, 0.3) is 0 Å². The van der Waals surface area contributed by atoms with E-state index in [4.69, 9.17) is 5.73 Å². The van der Waals surface area contributed by atoms with E-state index < -0.39 is 0 Å². The zero-order chi connectivity index (χ0) is 14.2. The zero-order valence-electron chi connectivity index (χ0n) is 11.5. The van der Waals surface area contributed by atoms with Crippen molar-refractivity contribution in [1.29, 1.82) is 0 Å². The van der Waals surface area contributed by atoms with E-state index in [1.165, 1.54) is 5.69 Å². The highest BCUT2D eigenvalue weighted by molar-refractivity contribution is 5.84. The van der Waals surface area contributed by atoms with Gasteiger partial charge in [-0.15, -0.1) is 0 Å². The van der Waals surface area contributed by atoms with Crippen molar-refractivity contribution in [3.8, 4) is 0 Å². The number of aromatic amines is 2. The van der Waals surface area contributed by atoms with E-state index in [9.17, 15) is 0 Å². The predicted octanol–water partition coefficient (Wildman–Crippen LogP) is 1.04. The Morgan fingerprint density at radius 2 is 2.29 bits per heavy atom. The molecule has 0 aromatic carbocycles. The molecule has 0 amide bonds. The number of anilines is 2. The molecule has 0 spiro atoms. The number of hydrogen-bond donors (Lipinski definition) is 3. The van der Waals surface area contributed by atoms with E-state index in [0.29, 0.717) is 11.6 Å². The molecule has 3 aromatic heterocycles. The van der Waals surface area contributed by atoms with Crippen molar-refractivity contribution in [3.05, 3.63) is 24.3 Å². The molecule has 1 unspecified atom stereocenters. The quantitative estimate of drug-likeness (QED) is 0.648. The molecule has 21 heavy (non-hydrogen) atoms. The van der Waals surface area contributed by atoms with Crippen molar-refractivity contribution >= 4 is 22.9 Å². The summed E-state index contributed by atoms with van der Waals surface area (Å²) in [4.78, 5) is 18.1. The summed E-state index contributed by atoms with van der Waals surface area (Å²) in [5.74, 6) is 1.52. The van der Waals surface area contributed by atoms with E-state index in [0.717, 1.165) is 37.3 Å². The van der Waals surface area contributed by atoms with Crippen molar-refractivity contribution in [2.24, 2.45) is 0 Å². The van der Waals surface area contributed by atoms with Crippen LogP contribution in [0.15, 0.2) is 18.6 Å². The molecule has 4 N–H and O–H groups in total. The first-order valence-electron chi connectivity index (χ1n) is 7.02. The third kappa shape index (κ3) is 2.08. The van der Waals surface area contributed by atoms with Gasteiger partial charge < -0.3 is 15.6 Å². The lowest BCUT2D eigenvalue weighted by Gasteiger charge is -2.33. The van der Waals surface area contributed by atoms with Gasteiger partial charge in [0.1, 0.15) is 5.52 Å². The average molecular weight is 284 g/mol. The number of piperidine rings is 1. The molecule has 0 radical (unpaired) electrons. The Labute approximate surface area is 120 Å². The number of fused-ring (bicyclic) bond motifs is 1. The molecular formula is C13H16N8. The number of aromatic nitrogens is 6. The molecule has 1 fully saturated rings. The van der Waals surface area contributed by atoms with Crippen molar-refractivity contribution in [3.63, 3.8) is 0 Å². The molecule has 1 saturated heterocycles. The fraction of sp³-hybridized carbons (Fsp3) is 0.385. The fourth-order valence-electron chi connectivity index (χ4n) is 2.98. The maximum atomic E-state index is 5.80. The highest BCUT2D eigenvalue weighted by atomic mass is 15.2. The van der Waals surface area contributed by atoms with E-state index in [-0.39, 0.29) is 5.95 Å². The first kappa shape index (κ1) is 12.1. The van der Waals surface area contributed by atoms with Crippen LogP contribution in [0.25, 0.3) is 11.2 Å². The molecule has 108 valence electrons. The minimum absolute atomic E-state index is 0.258. The summed E-state index contributed by atoms with van der Waals surface area (Å²) >= 11 is 0. The van der Waals surface area contributed by atoms with E-state index >= 15 is 0 Å². The van der Waals surface area contributed by atoms with Crippen molar-refractivity contribution in [1.82, 2.24) is 30.1 Å². The number of nitrogens with zero attached hydrogens (tertiary/aromatic N) is 5. The van der Waals surface area contributed by atoms with Crippen LogP contribution in [0, 0.1) is 0 Å². The number of nitrogens with two attached hydrogens (primary N) is 1. The Kier molecular flexibility index (Phi) is 2.73. The first-order chi connectivity index (χ1) is 10.3. The Morgan fingerprint density at radius 3 is 3.14 bits per heavy atom. The molecule has 8 nitrogen and oxygen atoms in total. The molecular weight excluding hydrogens is 268 g/mol. The second-order valence-electron chi connectivity index (χ2n) is 5.30. The summed E-state index contributed by atoms with van der Waals surface area (Å²) in [5, 5.41) is 7.11. The van der Waals surface area contributed by atoms with Crippen LogP contribution in [0.2, 0.25) is 0 Å². The Balaban J connectivity index is 1.70. The maximum Gasteiger partial charge on any atom is 0.224 e. The number of rotatable bonds is 2. The van der Waals surface area contributed by atoms with Crippen molar-refractivity contribution in [2.75, 3.05) is 23.7 Å². The summed E-state index contributed by atoms with van der Waals surface area (Å²) < 4.78 is 0. The van der Waals surface area contributed by atoms with Crippen LogP contribution in [-0.2, 0) is 0 Å². The molecule has 0 bridgehead atoms. The average Bonchev–Trinajstić information content (AvgIpc) is 3.17. The van der Waals surface area contributed by atoms with Crippen LogP contribution in [0.3, 0.4) is 0 Å². The van der Waals surface area contributed by atoms with Gasteiger partial charge in [0, 0.05) is 30.9 Å². The minimum Gasteiger partial charge on any atom is -0.368 e. The molecule has 1 aliphatic rings. The van der Waals surface area contributed by atoms with Crippen LogP contribution in [0.5, 0.6) is 0 Å². The van der Waals surface area contributed by atoms with Crippen LogP contribution < -0.4 is 10.6 Å². The van der Waals surface area contributed by atoms with E-state index in [2.05, 4.69) is 35.0 Å². The molecule has 4 heterocycles. The molecule has 8 heteroatoms. The zero-order valence-corrected chi connectivity index (χ0v) is 11.5. The molecule has 1 aliphatic heterocycles. The lowest BCUT2D eigenvalue weighted by molar-refractivity contribution is 0.499. The molecule has 0 aliphatic carbocycles. The first-order valence-corrected chi connectivity index (χ1v) is 7.02. The van der Waals surface area contributed by atoms with Crippen LogP contribution in [0.1, 0.15) is 24.5 Å². The Morgan fingerprint density at radius 1 is 1.33 bits per heavy atom. The SMILES string of the molecule is Nc1nc(N2CCCC(c3ccn[nH]3)C2)c2[nH]cnc2n1. The molecule has 4 rings (SSSR count). The minimum atomic E-state index is 0.258. The van der Waals surface area contributed by atoms with Gasteiger partial charge >= 0.3 is 0 Å². The lowest BCUT2D eigenvalue weighted by atomic mass is 9.95. The normalized spacial score (nSPS) is 19.2. The third-order valence-electron chi connectivity index (χ3n) is 3.97. The van der Waals surface area contributed by atoms with Crippen molar-refractivity contribution in [2.45, 2.75) is 18.8 Å². The van der Waals surface area contributed by atoms with E-state index in [1.54, 1.807) is 12.5 Å². The van der Waals surface area contributed by atoms with Gasteiger partial charge in [0.05, 0.1) is 6.33 Å². The standard InChI is InChI=1S/C13H16N8/c14-13-18-11-10(15-7-16-11)12(19-13)21-5-1-2-8(6-21)9-3-4-17-20-9/h3-4,7-8H,1-2,5-6H2,(H,17,20)(H3,14,15,16,18,19). The molecule has 0 saturated carbocycles. The molecule has 3 aromatic rings. The second-order valence-corrected chi connectivity index (χ2v) is 5.30. The number of nitrogens with one attached hydrogen (secondary N) is 2. The fourth-order valence-corrected chi connectivity index (χ4v) is 2.98. The monoisotopic (exact) mass is 284 g/mol. The van der Waals surface area contributed by atoms with Gasteiger partial charge in [-0.3, -0.25) is 5.10 Å². The van der Waals surface area contributed by atoms with Crippen molar-refractivity contribution < 1.29 is 0 Å². The highest BCUT2D eigenvalue weighted by Gasteiger charge is 2.25. The second kappa shape index (κ2) is 4.72. The number of imidazole rings is 1. The van der Waals surface area contributed by atoms with Gasteiger partial charge in [-0.05, 0) is 18.9 Å². The largest absolute Gasteiger partial charge is 0.368 e. The maximum absolute atomic E-state index is 5.80. The van der Waals surface area contributed by atoms with Gasteiger partial charge in [-0.1, -0.05) is 0 Å². The Hall–Kier alpha value is -2.64. The van der Waals surface area contributed by atoms with Crippen LogP contribution in [-0.4, -0.2) is 43.2 Å². The Bertz CT molecular complexity index is 747. The summed E-state index contributed by atoms with van der Waals surface area (Å²) in [6.45, 7) is 1.84. The highest BCUT2D eigenvalue weighted by Crippen LogP contribution is 2.30. The predicted molar refractivity (Wildman–Crippen MR) is 78.9 cm³/mol. The van der Waals surface area contributed by atoms with Crippen LogP contribution in [0.4, 0.5) is 11.8 Å². The lowest BCUT2D eigenvalue weighted by Crippen LogP contribution is -2.35. The van der Waals surface area contributed by atoms with Gasteiger partial charge in [-0.2, -0.15) is 15.1 Å². The number of hydrogen-bond acceptors (Lipinski definition) is 6. The summed E-state index contributed by atoms with van der Waals surface area (Å²) in [6.07, 6.45) is 5.66. The van der Waals surface area contributed by atoms with Gasteiger partial charge in [0.15, 0.2) is 11.5 Å². The summed E-state index contributed by atoms with van der Waals surface area (Å²) in [7, 11) is 0. The van der Waals surface area contributed by atoms with Gasteiger partial charge in [-0.25, -0.2) is 4.98 Å². The van der Waals surface area contributed by atoms with Crippen LogP contribution >= 0.6 is 0 Å². The summed E-state index contributed by atoms with van der Waals surface area (Å²) in [6, 6.07) is 2.04. The van der Waals surface area contributed by atoms with E-state index in [1.807, 2.05) is 6.07 Å². The summed E-state index contributed by atoms with van der Waals surface area (Å²) in [5.41, 5.74) is 8.42. The smallest absolute Gasteiger partial charge is 0.224 e.